The molecule has 1 atom stereocenters. The highest BCUT2D eigenvalue weighted by Gasteiger charge is 2.27. The predicted molar refractivity (Wildman–Crippen MR) is 117 cm³/mol. The van der Waals surface area contributed by atoms with Crippen LogP contribution in [0.15, 0.2) is 60.0 Å². The summed E-state index contributed by atoms with van der Waals surface area (Å²) in [5.74, 6) is -1.29. The van der Waals surface area contributed by atoms with E-state index in [0.29, 0.717) is 12.2 Å². The van der Waals surface area contributed by atoms with E-state index in [1.807, 2.05) is 12.1 Å². The SMILES string of the molecule is COC(=O)C1=C(C(=O)OC)N(c2ccc(C(O)CN3CCN(C)CC3)cc2)C=CC=C1. The average Bonchev–Trinajstić information content (AvgIpc) is 3.02. The van der Waals surface area contributed by atoms with Crippen molar-refractivity contribution in [2.75, 3.05) is 58.9 Å². The van der Waals surface area contributed by atoms with Crippen LogP contribution in [-0.2, 0) is 19.1 Å². The van der Waals surface area contributed by atoms with Gasteiger partial charge in [0.2, 0.25) is 0 Å². The largest absolute Gasteiger partial charge is 0.465 e. The summed E-state index contributed by atoms with van der Waals surface area (Å²) in [5.41, 5.74) is 1.59. The Bertz CT molecular complexity index is 883. The standard InChI is InChI=1S/C23H29N3O5/c1-24-12-14-25(15-13-24)16-20(27)17-7-9-18(10-8-17)26-11-5-4-6-19(22(28)30-2)21(26)23(29)31-3/h4-11,20,27H,12-16H2,1-3H3. The van der Waals surface area contributed by atoms with Gasteiger partial charge in [-0.3, -0.25) is 4.90 Å². The number of ether oxygens (including phenoxy) is 2. The fourth-order valence-electron chi connectivity index (χ4n) is 3.60. The van der Waals surface area contributed by atoms with E-state index in [1.165, 1.54) is 20.3 Å². The second-order valence-electron chi connectivity index (χ2n) is 7.53. The van der Waals surface area contributed by atoms with Crippen LogP contribution in [0.5, 0.6) is 0 Å². The third kappa shape index (κ3) is 5.41. The molecule has 0 radical (unpaired) electrons. The summed E-state index contributed by atoms with van der Waals surface area (Å²) in [6.45, 7) is 4.42. The number of nitrogens with zero attached hydrogens (tertiary/aromatic N) is 3. The minimum atomic E-state index is -0.657. The van der Waals surface area contributed by atoms with Gasteiger partial charge in [-0.25, -0.2) is 9.59 Å². The first-order valence-electron chi connectivity index (χ1n) is 10.2. The normalized spacial score (nSPS) is 18.6. The lowest BCUT2D eigenvalue weighted by Crippen LogP contribution is -2.45. The number of esters is 2. The quantitative estimate of drug-likeness (QED) is 0.684. The minimum Gasteiger partial charge on any atom is -0.465 e. The summed E-state index contributed by atoms with van der Waals surface area (Å²) >= 11 is 0. The first-order valence-corrected chi connectivity index (χ1v) is 10.2. The zero-order valence-electron chi connectivity index (χ0n) is 18.2. The topological polar surface area (TPSA) is 82.5 Å². The van der Waals surface area contributed by atoms with E-state index >= 15 is 0 Å². The molecule has 0 bridgehead atoms. The van der Waals surface area contributed by atoms with Crippen LogP contribution in [0, 0.1) is 0 Å². The van der Waals surface area contributed by atoms with Gasteiger partial charge in [0.15, 0.2) is 0 Å². The van der Waals surface area contributed by atoms with Crippen molar-refractivity contribution < 1.29 is 24.2 Å². The summed E-state index contributed by atoms with van der Waals surface area (Å²) < 4.78 is 9.75. The maximum Gasteiger partial charge on any atom is 0.355 e. The molecule has 1 N–H and O–H groups in total. The Morgan fingerprint density at radius 2 is 1.65 bits per heavy atom. The van der Waals surface area contributed by atoms with Gasteiger partial charge in [-0.15, -0.1) is 0 Å². The molecule has 8 heteroatoms. The Hall–Kier alpha value is -2.94. The minimum absolute atomic E-state index is 0.0603. The summed E-state index contributed by atoms with van der Waals surface area (Å²) in [6.07, 6.45) is 5.95. The number of aliphatic hydroxyl groups excluding tert-OH is 1. The summed E-state index contributed by atoms with van der Waals surface area (Å²) in [7, 11) is 4.62. The lowest BCUT2D eigenvalue weighted by Gasteiger charge is -2.33. The zero-order chi connectivity index (χ0) is 22.4. The van der Waals surface area contributed by atoms with Crippen molar-refractivity contribution in [3.63, 3.8) is 0 Å². The maximum absolute atomic E-state index is 12.5. The van der Waals surface area contributed by atoms with Gasteiger partial charge < -0.3 is 24.4 Å². The van der Waals surface area contributed by atoms with Crippen LogP contribution in [0.1, 0.15) is 11.7 Å². The highest BCUT2D eigenvalue weighted by atomic mass is 16.5. The number of methoxy groups -OCH3 is 2. The van der Waals surface area contributed by atoms with E-state index in [4.69, 9.17) is 9.47 Å². The lowest BCUT2D eigenvalue weighted by molar-refractivity contribution is -0.139. The highest BCUT2D eigenvalue weighted by Crippen LogP contribution is 2.28. The van der Waals surface area contributed by atoms with Gasteiger partial charge in [0.25, 0.3) is 0 Å². The number of β-amino-alcohol motifs (C(OH)–C–C–N with tert-alkyl or cyclic N) is 1. The van der Waals surface area contributed by atoms with Crippen LogP contribution in [0.4, 0.5) is 5.69 Å². The fraction of sp³-hybridized carbons (Fsp3) is 0.391. The van der Waals surface area contributed by atoms with Crippen molar-refractivity contribution in [1.82, 2.24) is 9.80 Å². The lowest BCUT2D eigenvalue weighted by atomic mass is 10.1. The van der Waals surface area contributed by atoms with E-state index in [0.717, 1.165) is 31.7 Å². The molecule has 0 spiro atoms. The number of benzene rings is 1. The van der Waals surface area contributed by atoms with Crippen LogP contribution in [0.2, 0.25) is 0 Å². The predicted octanol–water partition coefficient (Wildman–Crippen LogP) is 1.46. The number of allylic oxidation sites excluding steroid dienone is 2. The number of anilines is 1. The molecule has 1 fully saturated rings. The highest BCUT2D eigenvalue weighted by molar-refractivity contribution is 6.05. The first kappa shape index (κ1) is 22.7. The van der Waals surface area contributed by atoms with E-state index in [-0.39, 0.29) is 11.3 Å². The molecular formula is C23H29N3O5. The molecule has 2 aliphatic rings. The zero-order valence-corrected chi connectivity index (χ0v) is 18.2. The Balaban J connectivity index is 1.82. The molecule has 1 unspecified atom stereocenters. The van der Waals surface area contributed by atoms with Gasteiger partial charge in [0.05, 0.1) is 25.9 Å². The smallest absolute Gasteiger partial charge is 0.355 e. The molecule has 0 saturated carbocycles. The van der Waals surface area contributed by atoms with Gasteiger partial charge in [-0.2, -0.15) is 0 Å². The number of rotatable bonds is 6. The Labute approximate surface area is 182 Å². The molecule has 31 heavy (non-hydrogen) atoms. The van der Waals surface area contributed by atoms with Gasteiger partial charge in [-0.1, -0.05) is 18.2 Å². The second-order valence-corrected chi connectivity index (χ2v) is 7.53. The van der Waals surface area contributed by atoms with Crippen molar-refractivity contribution >= 4 is 17.6 Å². The Morgan fingerprint density at radius 1 is 1.00 bits per heavy atom. The molecule has 3 rings (SSSR count). The number of piperazine rings is 1. The summed E-state index contributed by atoms with van der Waals surface area (Å²) in [5, 5.41) is 10.7. The van der Waals surface area contributed by atoms with Gasteiger partial charge in [-0.05, 0) is 36.9 Å². The molecule has 1 aromatic rings. The van der Waals surface area contributed by atoms with E-state index in [2.05, 4.69) is 16.8 Å². The summed E-state index contributed by atoms with van der Waals surface area (Å²) in [4.78, 5) is 30.9. The monoisotopic (exact) mass is 427 g/mol. The van der Waals surface area contributed by atoms with Gasteiger partial charge in [0, 0.05) is 44.6 Å². The molecule has 2 heterocycles. The molecule has 0 aliphatic carbocycles. The van der Waals surface area contributed by atoms with E-state index < -0.39 is 18.0 Å². The van der Waals surface area contributed by atoms with Crippen LogP contribution in [-0.4, -0.2) is 80.8 Å². The number of hydrogen-bond acceptors (Lipinski definition) is 8. The molecule has 8 nitrogen and oxygen atoms in total. The number of aliphatic hydroxyl groups is 1. The van der Waals surface area contributed by atoms with Crippen LogP contribution < -0.4 is 4.90 Å². The first-order chi connectivity index (χ1) is 14.9. The van der Waals surface area contributed by atoms with Crippen LogP contribution >= 0.6 is 0 Å². The Morgan fingerprint density at radius 3 is 2.26 bits per heavy atom. The third-order valence-corrected chi connectivity index (χ3v) is 5.47. The van der Waals surface area contributed by atoms with Crippen molar-refractivity contribution in [2.24, 2.45) is 0 Å². The van der Waals surface area contributed by atoms with Crippen molar-refractivity contribution in [3.8, 4) is 0 Å². The molecule has 0 amide bonds. The van der Waals surface area contributed by atoms with E-state index in [1.54, 1.807) is 35.4 Å². The number of hydrogen-bond donors (Lipinski definition) is 1. The molecular weight excluding hydrogens is 398 g/mol. The van der Waals surface area contributed by atoms with E-state index in [9.17, 15) is 14.7 Å². The Kier molecular flexibility index (Phi) is 7.62. The van der Waals surface area contributed by atoms with Crippen LogP contribution in [0.25, 0.3) is 0 Å². The maximum atomic E-state index is 12.5. The number of carbonyl (C=O) groups is 2. The number of likely N-dealkylation sites (N-methyl/N-ethyl adjacent to an activating group) is 1. The van der Waals surface area contributed by atoms with Gasteiger partial charge in [0.1, 0.15) is 5.70 Å². The molecule has 2 aliphatic heterocycles. The third-order valence-electron chi connectivity index (χ3n) is 5.47. The van der Waals surface area contributed by atoms with Crippen molar-refractivity contribution in [3.05, 3.63) is 65.5 Å². The van der Waals surface area contributed by atoms with Crippen molar-refractivity contribution in [2.45, 2.75) is 6.10 Å². The van der Waals surface area contributed by atoms with Gasteiger partial charge >= 0.3 is 11.9 Å². The average molecular weight is 428 g/mol. The molecule has 1 aromatic carbocycles. The second kappa shape index (κ2) is 10.4. The van der Waals surface area contributed by atoms with Crippen molar-refractivity contribution in [1.29, 1.82) is 0 Å². The van der Waals surface area contributed by atoms with Crippen LogP contribution in [0.3, 0.4) is 0 Å². The molecule has 166 valence electrons. The molecule has 0 aromatic heterocycles. The fourth-order valence-corrected chi connectivity index (χ4v) is 3.60. The molecule has 1 saturated heterocycles. The summed E-state index contributed by atoms with van der Waals surface area (Å²) in [6, 6.07) is 7.26. The number of carbonyl (C=O) groups excluding carboxylic acids is 2.